The monoisotopic (exact) mass is 340 g/mol. The molecule has 21 heavy (non-hydrogen) atoms. The zero-order chi connectivity index (χ0) is 16.6. The van der Waals surface area contributed by atoms with E-state index in [1.165, 1.54) is 37.6 Å². The van der Waals surface area contributed by atoms with Crippen LogP contribution < -0.4 is 4.72 Å². The zero-order valence-electron chi connectivity index (χ0n) is 12.8. The Morgan fingerprint density at radius 3 is 2.38 bits per heavy atom. The fourth-order valence-corrected chi connectivity index (χ4v) is 2.90. The summed E-state index contributed by atoms with van der Waals surface area (Å²) in [6.45, 7) is 3.03. The molecule has 124 valence electrons. The van der Waals surface area contributed by atoms with Crippen LogP contribution in [-0.2, 0) is 19.6 Å². The fourth-order valence-electron chi connectivity index (χ4n) is 1.61. The summed E-state index contributed by atoms with van der Waals surface area (Å²) in [5.74, 6) is -1.59. The summed E-state index contributed by atoms with van der Waals surface area (Å²) >= 11 is 1.51. The molecule has 0 aliphatic heterocycles. The molecule has 0 saturated heterocycles. The smallest absolute Gasteiger partial charge is 0.308 e. The molecule has 2 atom stereocenters. The maximum absolute atomic E-state index is 12.3. The van der Waals surface area contributed by atoms with Crippen LogP contribution in [0.15, 0.2) is 0 Å². The first kappa shape index (κ1) is 20.2. The van der Waals surface area contributed by atoms with E-state index >= 15 is 0 Å². The Morgan fingerprint density at radius 1 is 1.38 bits per heavy atom. The van der Waals surface area contributed by atoms with Gasteiger partial charge in [0.2, 0.25) is 15.9 Å². The van der Waals surface area contributed by atoms with Gasteiger partial charge in [0, 0.05) is 13.6 Å². The number of hydrogen-bond acceptors (Lipinski definition) is 5. The lowest BCUT2D eigenvalue weighted by Gasteiger charge is -2.25. The summed E-state index contributed by atoms with van der Waals surface area (Å²) in [5, 5.41) is 8.86. The van der Waals surface area contributed by atoms with Crippen molar-refractivity contribution in [3.8, 4) is 0 Å². The standard InChI is InChI=1S/C12H24N2O5S2/c1-5-21(18,19)13-10(6-7-20-4)11(15)14(3)8-9(2)12(16)17/h9-10,13H,5-8H2,1-4H3,(H,16,17). The second-order valence-corrected chi connectivity index (χ2v) is 7.84. The average Bonchev–Trinajstić information content (AvgIpc) is 2.42. The topological polar surface area (TPSA) is 104 Å². The Kier molecular flexibility index (Phi) is 8.91. The first-order chi connectivity index (χ1) is 9.64. The minimum atomic E-state index is -3.50. The summed E-state index contributed by atoms with van der Waals surface area (Å²) in [6.07, 6.45) is 2.23. The summed E-state index contributed by atoms with van der Waals surface area (Å²) in [4.78, 5) is 24.4. The number of carbonyl (C=O) groups is 2. The van der Waals surface area contributed by atoms with Gasteiger partial charge >= 0.3 is 5.97 Å². The molecule has 2 unspecified atom stereocenters. The molecule has 0 heterocycles. The van der Waals surface area contributed by atoms with E-state index in [0.29, 0.717) is 12.2 Å². The minimum absolute atomic E-state index is 0.0395. The van der Waals surface area contributed by atoms with E-state index in [2.05, 4.69) is 4.72 Å². The van der Waals surface area contributed by atoms with Crippen molar-refractivity contribution < 1.29 is 23.1 Å². The number of carbonyl (C=O) groups excluding carboxylic acids is 1. The number of likely N-dealkylation sites (N-methyl/N-ethyl adjacent to an activating group) is 1. The van der Waals surface area contributed by atoms with Gasteiger partial charge in [-0.1, -0.05) is 6.92 Å². The molecule has 9 heteroatoms. The quantitative estimate of drug-likeness (QED) is 0.590. The van der Waals surface area contributed by atoms with Gasteiger partial charge in [-0.25, -0.2) is 13.1 Å². The van der Waals surface area contributed by atoms with E-state index in [-0.39, 0.29) is 12.3 Å². The number of aliphatic carboxylic acids is 1. The van der Waals surface area contributed by atoms with Crippen molar-refractivity contribution in [2.24, 2.45) is 5.92 Å². The number of sulfonamides is 1. The molecule has 0 spiro atoms. The molecule has 0 aliphatic rings. The molecular formula is C12H24N2O5S2. The number of carboxylic acids is 1. The maximum Gasteiger partial charge on any atom is 0.308 e. The van der Waals surface area contributed by atoms with Crippen molar-refractivity contribution >= 4 is 33.7 Å². The van der Waals surface area contributed by atoms with Gasteiger partial charge in [0.05, 0.1) is 11.7 Å². The maximum atomic E-state index is 12.3. The van der Waals surface area contributed by atoms with Gasteiger partial charge in [-0.2, -0.15) is 11.8 Å². The lowest BCUT2D eigenvalue weighted by Crippen LogP contribution is -2.49. The highest BCUT2D eigenvalue weighted by Crippen LogP contribution is 2.07. The van der Waals surface area contributed by atoms with E-state index in [1.54, 1.807) is 0 Å². The Hall–Kier alpha value is -0.800. The van der Waals surface area contributed by atoms with E-state index < -0.39 is 33.9 Å². The normalized spacial score (nSPS) is 14.5. The molecule has 0 aromatic rings. The zero-order valence-corrected chi connectivity index (χ0v) is 14.5. The first-order valence-electron chi connectivity index (χ1n) is 6.61. The van der Waals surface area contributed by atoms with Crippen molar-refractivity contribution in [1.82, 2.24) is 9.62 Å². The van der Waals surface area contributed by atoms with Crippen LogP contribution in [0.5, 0.6) is 0 Å². The van der Waals surface area contributed by atoms with E-state index in [9.17, 15) is 18.0 Å². The number of hydrogen-bond donors (Lipinski definition) is 2. The predicted molar refractivity (Wildman–Crippen MR) is 83.8 cm³/mol. The van der Waals surface area contributed by atoms with Gasteiger partial charge in [0.1, 0.15) is 6.04 Å². The van der Waals surface area contributed by atoms with Crippen LogP contribution >= 0.6 is 11.8 Å². The lowest BCUT2D eigenvalue weighted by molar-refractivity contribution is -0.143. The van der Waals surface area contributed by atoms with Crippen LogP contribution in [0.25, 0.3) is 0 Å². The third-order valence-corrected chi connectivity index (χ3v) is 5.00. The molecule has 0 bridgehead atoms. The van der Waals surface area contributed by atoms with Gasteiger partial charge < -0.3 is 10.0 Å². The third kappa shape index (κ3) is 7.68. The molecule has 0 radical (unpaired) electrons. The fraction of sp³-hybridized carbons (Fsp3) is 0.833. The summed E-state index contributed by atoms with van der Waals surface area (Å²) in [7, 11) is -2.02. The van der Waals surface area contributed by atoms with Crippen LogP contribution in [0, 0.1) is 5.92 Å². The second-order valence-electron chi connectivity index (χ2n) is 4.81. The van der Waals surface area contributed by atoms with Gasteiger partial charge in [0.25, 0.3) is 0 Å². The Morgan fingerprint density at radius 2 is 1.95 bits per heavy atom. The van der Waals surface area contributed by atoms with Gasteiger partial charge in [0.15, 0.2) is 0 Å². The van der Waals surface area contributed by atoms with Crippen LogP contribution in [0.2, 0.25) is 0 Å². The van der Waals surface area contributed by atoms with Gasteiger partial charge in [-0.3, -0.25) is 9.59 Å². The number of amides is 1. The van der Waals surface area contributed by atoms with Crippen molar-refractivity contribution in [3.05, 3.63) is 0 Å². The highest BCUT2D eigenvalue weighted by Gasteiger charge is 2.27. The number of nitrogens with zero attached hydrogens (tertiary/aromatic N) is 1. The lowest BCUT2D eigenvalue weighted by atomic mass is 10.1. The van der Waals surface area contributed by atoms with Crippen molar-refractivity contribution in [2.75, 3.05) is 31.4 Å². The molecule has 0 saturated carbocycles. The van der Waals surface area contributed by atoms with Crippen LogP contribution in [0.4, 0.5) is 0 Å². The van der Waals surface area contributed by atoms with Crippen molar-refractivity contribution in [3.63, 3.8) is 0 Å². The molecule has 1 amide bonds. The van der Waals surface area contributed by atoms with E-state index in [4.69, 9.17) is 5.11 Å². The first-order valence-corrected chi connectivity index (χ1v) is 9.66. The van der Waals surface area contributed by atoms with Gasteiger partial charge in [-0.05, 0) is 25.4 Å². The summed E-state index contributed by atoms with van der Waals surface area (Å²) < 4.78 is 25.7. The molecule has 0 aromatic heterocycles. The van der Waals surface area contributed by atoms with E-state index in [1.807, 2.05) is 6.26 Å². The minimum Gasteiger partial charge on any atom is -0.481 e. The summed E-state index contributed by atoms with van der Waals surface area (Å²) in [6, 6.07) is -0.853. The number of rotatable bonds is 10. The van der Waals surface area contributed by atoms with Crippen LogP contribution in [0.3, 0.4) is 0 Å². The molecule has 7 nitrogen and oxygen atoms in total. The Balaban J connectivity index is 4.89. The van der Waals surface area contributed by atoms with Gasteiger partial charge in [-0.15, -0.1) is 0 Å². The molecule has 0 aliphatic carbocycles. The summed E-state index contributed by atoms with van der Waals surface area (Å²) in [5.41, 5.74) is 0. The molecule has 0 aromatic carbocycles. The SMILES string of the molecule is CCS(=O)(=O)NC(CCSC)C(=O)N(C)CC(C)C(=O)O. The molecule has 0 fully saturated rings. The average molecular weight is 340 g/mol. The molecule has 2 N–H and O–H groups in total. The van der Waals surface area contributed by atoms with Crippen molar-refractivity contribution in [1.29, 1.82) is 0 Å². The largest absolute Gasteiger partial charge is 0.481 e. The molecular weight excluding hydrogens is 316 g/mol. The van der Waals surface area contributed by atoms with Crippen LogP contribution in [0.1, 0.15) is 20.3 Å². The van der Waals surface area contributed by atoms with E-state index in [0.717, 1.165) is 0 Å². The van der Waals surface area contributed by atoms with Crippen molar-refractivity contribution in [2.45, 2.75) is 26.3 Å². The predicted octanol–water partition coefficient (Wildman–Crippen LogP) is 0.227. The number of nitrogens with one attached hydrogen (secondary N) is 1. The highest BCUT2D eigenvalue weighted by atomic mass is 32.2. The second kappa shape index (κ2) is 9.26. The molecule has 0 rings (SSSR count). The third-order valence-electron chi connectivity index (χ3n) is 2.96. The van der Waals surface area contributed by atoms with Crippen LogP contribution in [-0.4, -0.2) is 67.7 Å². The Labute approximate surface area is 130 Å². The number of carboxylic acid groups (broad SMARTS) is 1. The number of thioether (sulfide) groups is 1. The Bertz CT molecular complexity index is 453. The highest BCUT2D eigenvalue weighted by molar-refractivity contribution is 7.98.